The molecule has 0 aromatic rings. The second-order valence-corrected chi connectivity index (χ2v) is 3.52. The van der Waals surface area contributed by atoms with E-state index in [1.807, 2.05) is 0 Å². The third-order valence-electron chi connectivity index (χ3n) is 1.69. The van der Waals surface area contributed by atoms with Crippen LogP contribution < -0.4 is 0 Å². The van der Waals surface area contributed by atoms with Crippen LogP contribution in [0.15, 0.2) is 0 Å². The summed E-state index contributed by atoms with van der Waals surface area (Å²) in [5, 5.41) is 9.06. The van der Waals surface area contributed by atoms with Crippen molar-refractivity contribution in [3.8, 4) is 0 Å². The molecule has 0 amide bonds. The van der Waals surface area contributed by atoms with E-state index in [4.69, 9.17) is 5.11 Å². The molecule has 0 aromatic heterocycles. The summed E-state index contributed by atoms with van der Waals surface area (Å²) in [5.74, 6) is 0. The van der Waals surface area contributed by atoms with Gasteiger partial charge in [-0.25, -0.2) is 4.39 Å². The molecule has 1 saturated carbocycles. The first-order valence-electron chi connectivity index (χ1n) is 3.18. The van der Waals surface area contributed by atoms with Crippen molar-refractivity contribution in [1.29, 1.82) is 0 Å². The highest BCUT2D eigenvalue weighted by atomic mass is 79.9. The largest absolute Gasteiger partial charge is 0.392 e. The van der Waals surface area contributed by atoms with E-state index < -0.39 is 12.3 Å². The van der Waals surface area contributed by atoms with Crippen molar-refractivity contribution in [3.05, 3.63) is 0 Å². The van der Waals surface area contributed by atoms with Crippen LogP contribution in [0.2, 0.25) is 0 Å². The van der Waals surface area contributed by atoms with Crippen molar-refractivity contribution in [1.82, 2.24) is 0 Å². The van der Waals surface area contributed by atoms with Crippen LogP contribution in [0.25, 0.3) is 0 Å². The van der Waals surface area contributed by atoms with Gasteiger partial charge in [0.25, 0.3) is 0 Å². The highest BCUT2D eigenvalue weighted by molar-refractivity contribution is 9.09. The van der Waals surface area contributed by atoms with Crippen LogP contribution in [0.1, 0.15) is 19.3 Å². The third-order valence-corrected chi connectivity index (χ3v) is 2.88. The Balaban J connectivity index is 2.41. The van der Waals surface area contributed by atoms with Gasteiger partial charge in [-0.1, -0.05) is 15.9 Å². The third kappa shape index (κ3) is 1.64. The fraction of sp³-hybridized carbons (Fsp3) is 1.00. The van der Waals surface area contributed by atoms with E-state index in [9.17, 15) is 4.39 Å². The van der Waals surface area contributed by atoms with Crippen molar-refractivity contribution in [2.75, 3.05) is 0 Å². The Hall–Kier alpha value is 0.370. The zero-order valence-electron chi connectivity index (χ0n) is 5.06. The van der Waals surface area contributed by atoms with Crippen molar-refractivity contribution >= 4 is 15.9 Å². The van der Waals surface area contributed by atoms with E-state index in [0.717, 1.165) is 12.8 Å². The Bertz CT molecular complexity index is 89.1. The fourth-order valence-corrected chi connectivity index (χ4v) is 1.61. The molecule has 1 unspecified atom stereocenters. The Kier molecular flexibility index (Phi) is 2.47. The van der Waals surface area contributed by atoms with E-state index in [1.165, 1.54) is 0 Å². The minimum atomic E-state index is -0.853. The summed E-state index contributed by atoms with van der Waals surface area (Å²) in [6.45, 7) is 0. The SMILES string of the molecule is OC1CCC[C@H](F)[C@H]1Br. The van der Waals surface area contributed by atoms with Gasteiger partial charge in [0.05, 0.1) is 10.9 Å². The van der Waals surface area contributed by atoms with Gasteiger partial charge in [-0.15, -0.1) is 0 Å². The molecule has 9 heavy (non-hydrogen) atoms. The van der Waals surface area contributed by atoms with Gasteiger partial charge < -0.3 is 5.11 Å². The van der Waals surface area contributed by atoms with Gasteiger partial charge in [0.2, 0.25) is 0 Å². The first-order valence-corrected chi connectivity index (χ1v) is 4.09. The van der Waals surface area contributed by atoms with E-state index >= 15 is 0 Å². The minimum absolute atomic E-state index is 0.328. The van der Waals surface area contributed by atoms with E-state index in [0.29, 0.717) is 6.42 Å². The van der Waals surface area contributed by atoms with Gasteiger partial charge in [0, 0.05) is 0 Å². The van der Waals surface area contributed by atoms with Crippen LogP contribution in [0, 0.1) is 0 Å². The summed E-state index contributed by atoms with van der Waals surface area (Å²) in [7, 11) is 0. The van der Waals surface area contributed by atoms with E-state index in [-0.39, 0.29) is 4.83 Å². The number of rotatable bonds is 0. The second-order valence-electron chi connectivity index (χ2n) is 2.46. The Morgan fingerprint density at radius 3 is 2.56 bits per heavy atom. The number of halogens is 2. The molecule has 0 saturated heterocycles. The lowest BCUT2D eigenvalue weighted by molar-refractivity contribution is 0.0946. The first-order chi connectivity index (χ1) is 4.22. The van der Waals surface area contributed by atoms with Crippen molar-refractivity contribution in [3.63, 3.8) is 0 Å². The lowest BCUT2D eigenvalue weighted by Gasteiger charge is -2.25. The maximum absolute atomic E-state index is 12.6. The van der Waals surface area contributed by atoms with Gasteiger partial charge in [-0.3, -0.25) is 0 Å². The smallest absolute Gasteiger partial charge is 0.115 e. The van der Waals surface area contributed by atoms with Gasteiger partial charge >= 0.3 is 0 Å². The molecule has 3 heteroatoms. The van der Waals surface area contributed by atoms with Crippen molar-refractivity contribution in [2.45, 2.75) is 36.4 Å². The summed E-state index contributed by atoms with van der Waals surface area (Å²) in [6, 6.07) is 0. The molecule has 3 atom stereocenters. The summed E-state index contributed by atoms with van der Waals surface area (Å²) < 4.78 is 12.6. The summed E-state index contributed by atoms with van der Waals surface area (Å²) >= 11 is 3.09. The quantitative estimate of drug-likeness (QED) is 0.585. The molecule has 0 heterocycles. The van der Waals surface area contributed by atoms with Crippen molar-refractivity contribution in [2.24, 2.45) is 0 Å². The number of aliphatic hydroxyl groups is 1. The molecule has 1 aliphatic rings. The molecular weight excluding hydrogens is 187 g/mol. The number of aliphatic hydroxyl groups excluding tert-OH is 1. The van der Waals surface area contributed by atoms with Gasteiger partial charge in [-0.05, 0) is 19.3 Å². The van der Waals surface area contributed by atoms with E-state index in [2.05, 4.69) is 15.9 Å². The molecule has 0 radical (unpaired) electrons. The zero-order chi connectivity index (χ0) is 6.85. The van der Waals surface area contributed by atoms with Gasteiger partial charge in [0.15, 0.2) is 0 Å². The molecule has 1 aliphatic carbocycles. The Morgan fingerprint density at radius 2 is 2.11 bits per heavy atom. The zero-order valence-corrected chi connectivity index (χ0v) is 6.64. The normalized spacial score (nSPS) is 45.0. The maximum Gasteiger partial charge on any atom is 0.115 e. The molecule has 1 nitrogen and oxygen atoms in total. The Labute approximate surface area is 62.4 Å². The van der Waals surface area contributed by atoms with Crippen LogP contribution in [0.3, 0.4) is 0 Å². The average molecular weight is 197 g/mol. The average Bonchev–Trinajstić information content (AvgIpc) is 1.83. The Morgan fingerprint density at radius 1 is 1.44 bits per heavy atom. The molecule has 0 bridgehead atoms. The number of hydrogen-bond donors (Lipinski definition) is 1. The summed E-state index contributed by atoms with van der Waals surface area (Å²) in [5.41, 5.74) is 0. The van der Waals surface area contributed by atoms with Crippen LogP contribution in [0.5, 0.6) is 0 Å². The predicted molar refractivity (Wildman–Crippen MR) is 37.5 cm³/mol. The fourth-order valence-electron chi connectivity index (χ4n) is 1.08. The van der Waals surface area contributed by atoms with Crippen LogP contribution in [-0.2, 0) is 0 Å². The molecule has 1 rings (SSSR count). The van der Waals surface area contributed by atoms with Crippen LogP contribution in [-0.4, -0.2) is 22.2 Å². The van der Waals surface area contributed by atoms with Crippen molar-refractivity contribution < 1.29 is 9.50 Å². The second kappa shape index (κ2) is 2.97. The molecule has 1 N–H and O–H groups in total. The predicted octanol–water partition coefficient (Wildman–Crippen LogP) is 1.63. The molecule has 0 aromatic carbocycles. The lowest BCUT2D eigenvalue weighted by Crippen LogP contribution is -2.33. The molecule has 54 valence electrons. The molecule has 1 fully saturated rings. The highest BCUT2D eigenvalue weighted by Crippen LogP contribution is 2.26. The maximum atomic E-state index is 12.6. The topological polar surface area (TPSA) is 20.2 Å². The monoisotopic (exact) mass is 196 g/mol. The molecule has 0 spiro atoms. The van der Waals surface area contributed by atoms with Crippen LogP contribution >= 0.6 is 15.9 Å². The number of alkyl halides is 2. The van der Waals surface area contributed by atoms with Gasteiger partial charge in [0.1, 0.15) is 6.17 Å². The number of hydrogen-bond acceptors (Lipinski definition) is 1. The molecular formula is C6H10BrFO. The summed E-state index contributed by atoms with van der Waals surface area (Å²) in [4.78, 5) is -0.328. The molecule has 0 aliphatic heterocycles. The van der Waals surface area contributed by atoms with E-state index in [1.54, 1.807) is 0 Å². The van der Waals surface area contributed by atoms with Gasteiger partial charge in [-0.2, -0.15) is 0 Å². The first kappa shape index (κ1) is 7.48. The standard InChI is InChI=1S/C6H10BrFO/c7-6-4(8)2-1-3-5(6)9/h4-6,9H,1-3H2/t4-,5?,6+/m0/s1. The lowest BCUT2D eigenvalue weighted by atomic mass is 9.96. The minimum Gasteiger partial charge on any atom is -0.392 e. The highest BCUT2D eigenvalue weighted by Gasteiger charge is 2.29. The van der Waals surface area contributed by atoms with Crippen LogP contribution in [0.4, 0.5) is 4.39 Å². The summed E-state index contributed by atoms with van der Waals surface area (Å²) in [6.07, 6.45) is 0.802.